The predicted molar refractivity (Wildman–Crippen MR) is 108 cm³/mol. The van der Waals surface area contributed by atoms with E-state index in [1.165, 1.54) is 12.1 Å². The Hall–Kier alpha value is -2.71. The molecule has 154 valence electrons. The first-order chi connectivity index (χ1) is 13.8. The van der Waals surface area contributed by atoms with Crippen LogP contribution in [0.2, 0.25) is 0 Å². The Bertz CT molecular complexity index is 977. The van der Waals surface area contributed by atoms with Crippen LogP contribution in [0, 0.1) is 5.92 Å². The van der Waals surface area contributed by atoms with Crippen LogP contribution >= 0.6 is 0 Å². The summed E-state index contributed by atoms with van der Waals surface area (Å²) in [7, 11) is -2.16. The minimum Gasteiger partial charge on any atom is -0.497 e. The summed E-state index contributed by atoms with van der Waals surface area (Å²) in [6, 6.07) is 13.1. The molecule has 0 spiro atoms. The van der Waals surface area contributed by atoms with Crippen molar-refractivity contribution in [2.24, 2.45) is 11.1 Å². The minimum atomic E-state index is -3.74. The van der Waals surface area contributed by atoms with Gasteiger partial charge >= 0.3 is 0 Å². The number of ether oxygens (including phenoxy) is 1. The lowest BCUT2D eigenvalue weighted by Gasteiger charge is -2.31. The number of sulfonamides is 1. The highest BCUT2D eigenvalue weighted by atomic mass is 32.2. The van der Waals surface area contributed by atoms with Crippen molar-refractivity contribution >= 4 is 21.7 Å². The van der Waals surface area contributed by atoms with Crippen molar-refractivity contribution in [3.05, 3.63) is 59.7 Å². The highest BCUT2D eigenvalue weighted by Crippen LogP contribution is 2.23. The monoisotopic (exact) mass is 416 g/mol. The molecule has 2 aromatic rings. The molecule has 0 atom stereocenters. The zero-order valence-corrected chi connectivity index (χ0v) is 17.0. The number of nitrogens with two attached hydrogens (primary N) is 1. The molecule has 8 heteroatoms. The Morgan fingerprint density at radius 2 is 1.62 bits per heavy atom. The molecule has 0 unspecified atom stereocenters. The number of amides is 1. The number of ketones is 1. The number of carbonyl (C=O) groups is 2. The highest BCUT2D eigenvalue weighted by Gasteiger charge is 2.28. The largest absolute Gasteiger partial charge is 0.497 e. The van der Waals surface area contributed by atoms with E-state index in [0.29, 0.717) is 37.2 Å². The summed E-state index contributed by atoms with van der Waals surface area (Å²) >= 11 is 0. The molecule has 3 rings (SSSR count). The van der Waals surface area contributed by atoms with Crippen LogP contribution in [-0.2, 0) is 21.2 Å². The molecule has 1 aliphatic rings. The van der Waals surface area contributed by atoms with E-state index in [-0.39, 0.29) is 28.9 Å². The van der Waals surface area contributed by atoms with E-state index in [9.17, 15) is 18.0 Å². The van der Waals surface area contributed by atoms with Gasteiger partial charge in [0, 0.05) is 24.6 Å². The highest BCUT2D eigenvalue weighted by molar-refractivity contribution is 7.89. The first kappa shape index (κ1) is 21.0. The molecule has 1 fully saturated rings. The molecule has 2 N–H and O–H groups in total. The van der Waals surface area contributed by atoms with Gasteiger partial charge in [-0.3, -0.25) is 9.59 Å². The van der Waals surface area contributed by atoms with Crippen molar-refractivity contribution < 1.29 is 22.7 Å². The summed E-state index contributed by atoms with van der Waals surface area (Å²) in [6.07, 6.45) is 1.43. The van der Waals surface area contributed by atoms with Crippen LogP contribution in [0.5, 0.6) is 5.75 Å². The van der Waals surface area contributed by atoms with Gasteiger partial charge in [-0.25, -0.2) is 13.6 Å². The molecule has 0 bridgehead atoms. The summed E-state index contributed by atoms with van der Waals surface area (Å²) in [5.41, 5.74) is 1.38. The SMILES string of the molecule is COc1ccc(C(=O)C2CCN(C(=O)Cc3ccc(S(N)(=O)=O)cc3)CC2)cc1. The molecular weight excluding hydrogens is 392 g/mol. The third kappa shape index (κ3) is 5.21. The van der Waals surface area contributed by atoms with Gasteiger partial charge in [0.2, 0.25) is 15.9 Å². The maximum atomic E-state index is 12.7. The average Bonchev–Trinajstić information content (AvgIpc) is 2.73. The second-order valence-electron chi connectivity index (χ2n) is 7.11. The van der Waals surface area contributed by atoms with Crippen LogP contribution in [0.25, 0.3) is 0 Å². The van der Waals surface area contributed by atoms with Gasteiger partial charge in [-0.05, 0) is 54.8 Å². The Balaban J connectivity index is 1.54. The van der Waals surface area contributed by atoms with Crippen LogP contribution in [0.4, 0.5) is 0 Å². The number of piperidine rings is 1. The quantitative estimate of drug-likeness (QED) is 0.725. The third-order valence-corrected chi connectivity index (χ3v) is 6.13. The van der Waals surface area contributed by atoms with E-state index in [2.05, 4.69) is 0 Å². The topological polar surface area (TPSA) is 107 Å². The zero-order valence-electron chi connectivity index (χ0n) is 16.2. The molecule has 1 amide bonds. The summed E-state index contributed by atoms with van der Waals surface area (Å²) in [6.45, 7) is 1.06. The molecule has 1 aliphatic heterocycles. The van der Waals surface area contributed by atoms with Crippen molar-refractivity contribution in [3.63, 3.8) is 0 Å². The van der Waals surface area contributed by atoms with Crippen LogP contribution in [-0.4, -0.2) is 45.2 Å². The second kappa shape index (κ2) is 8.75. The Morgan fingerprint density at radius 1 is 1.03 bits per heavy atom. The number of benzene rings is 2. The van der Waals surface area contributed by atoms with E-state index in [0.717, 1.165) is 5.56 Å². The number of carbonyl (C=O) groups excluding carboxylic acids is 2. The van der Waals surface area contributed by atoms with Gasteiger partial charge in [0.05, 0.1) is 18.4 Å². The van der Waals surface area contributed by atoms with E-state index in [1.54, 1.807) is 48.4 Å². The summed E-state index contributed by atoms with van der Waals surface area (Å²) < 4.78 is 27.7. The van der Waals surface area contributed by atoms with Crippen LogP contribution in [0.15, 0.2) is 53.4 Å². The van der Waals surface area contributed by atoms with E-state index in [1.807, 2.05) is 0 Å². The van der Waals surface area contributed by atoms with Gasteiger partial charge in [0.15, 0.2) is 5.78 Å². The van der Waals surface area contributed by atoms with Gasteiger partial charge in [-0.15, -0.1) is 0 Å². The molecule has 0 radical (unpaired) electrons. The number of rotatable bonds is 6. The van der Waals surface area contributed by atoms with Crippen LogP contribution in [0.1, 0.15) is 28.8 Å². The van der Waals surface area contributed by atoms with Crippen molar-refractivity contribution in [2.75, 3.05) is 20.2 Å². The van der Waals surface area contributed by atoms with E-state index in [4.69, 9.17) is 9.88 Å². The maximum absolute atomic E-state index is 12.7. The molecule has 2 aromatic carbocycles. The molecule has 0 saturated carbocycles. The van der Waals surface area contributed by atoms with Crippen molar-refractivity contribution in [1.82, 2.24) is 4.90 Å². The number of methoxy groups -OCH3 is 1. The molecule has 29 heavy (non-hydrogen) atoms. The fourth-order valence-corrected chi connectivity index (χ4v) is 3.98. The average molecular weight is 416 g/mol. The number of hydrogen-bond acceptors (Lipinski definition) is 5. The van der Waals surface area contributed by atoms with Crippen molar-refractivity contribution in [2.45, 2.75) is 24.2 Å². The Kier molecular flexibility index (Phi) is 6.34. The number of primary sulfonamides is 1. The molecule has 1 saturated heterocycles. The lowest BCUT2D eigenvalue weighted by atomic mass is 9.88. The second-order valence-corrected chi connectivity index (χ2v) is 8.67. The predicted octanol–water partition coefficient (Wildman–Crippen LogP) is 2.01. The van der Waals surface area contributed by atoms with Crippen LogP contribution < -0.4 is 9.88 Å². The normalized spacial score (nSPS) is 15.2. The fourth-order valence-electron chi connectivity index (χ4n) is 3.47. The lowest BCUT2D eigenvalue weighted by molar-refractivity contribution is -0.131. The summed E-state index contributed by atoms with van der Waals surface area (Å²) in [5.74, 6) is 0.669. The Morgan fingerprint density at radius 3 is 2.14 bits per heavy atom. The molecule has 1 heterocycles. The first-order valence-electron chi connectivity index (χ1n) is 9.35. The molecule has 7 nitrogen and oxygen atoms in total. The van der Waals surface area contributed by atoms with Crippen LogP contribution in [0.3, 0.4) is 0 Å². The van der Waals surface area contributed by atoms with Gasteiger partial charge in [-0.1, -0.05) is 12.1 Å². The number of Topliss-reactive ketones (excluding diaryl/α,β-unsaturated/α-hetero) is 1. The number of nitrogens with zero attached hydrogens (tertiary/aromatic N) is 1. The molecule has 0 aromatic heterocycles. The minimum absolute atomic E-state index is 0.0200. The van der Waals surface area contributed by atoms with E-state index < -0.39 is 10.0 Å². The molecule has 0 aliphatic carbocycles. The van der Waals surface area contributed by atoms with Gasteiger partial charge in [-0.2, -0.15) is 0 Å². The standard InChI is InChI=1S/C21H24N2O5S/c1-28-18-6-4-16(5-7-18)21(25)17-10-12-23(13-11-17)20(24)14-15-2-8-19(9-3-15)29(22,26)27/h2-9,17H,10-14H2,1H3,(H2,22,26,27). The maximum Gasteiger partial charge on any atom is 0.238 e. The molecular formula is C21H24N2O5S. The zero-order chi connectivity index (χ0) is 21.0. The third-order valence-electron chi connectivity index (χ3n) is 5.20. The van der Waals surface area contributed by atoms with Gasteiger partial charge in [0.1, 0.15) is 5.75 Å². The van der Waals surface area contributed by atoms with Crippen molar-refractivity contribution in [3.8, 4) is 5.75 Å². The lowest BCUT2D eigenvalue weighted by Crippen LogP contribution is -2.41. The summed E-state index contributed by atoms with van der Waals surface area (Å²) in [4.78, 5) is 27.0. The number of hydrogen-bond donors (Lipinski definition) is 1. The number of likely N-dealkylation sites (tertiary alicyclic amines) is 1. The van der Waals surface area contributed by atoms with E-state index >= 15 is 0 Å². The van der Waals surface area contributed by atoms with Crippen molar-refractivity contribution in [1.29, 1.82) is 0 Å². The Labute approximate surface area is 170 Å². The first-order valence-corrected chi connectivity index (χ1v) is 10.9. The van der Waals surface area contributed by atoms with Gasteiger partial charge in [0.25, 0.3) is 0 Å². The fraction of sp³-hybridized carbons (Fsp3) is 0.333. The summed E-state index contributed by atoms with van der Waals surface area (Å²) in [5, 5.41) is 5.08. The smallest absolute Gasteiger partial charge is 0.238 e. The van der Waals surface area contributed by atoms with Gasteiger partial charge < -0.3 is 9.64 Å².